The SMILES string of the molecule is CCOc1coc(CN)cc1=O. The highest BCUT2D eigenvalue weighted by Crippen LogP contribution is 2.04. The fourth-order valence-electron chi connectivity index (χ4n) is 0.806. The van der Waals surface area contributed by atoms with Gasteiger partial charge in [0.1, 0.15) is 12.0 Å². The van der Waals surface area contributed by atoms with Crippen LogP contribution in [0.5, 0.6) is 5.75 Å². The van der Waals surface area contributed by atoms with Gasteiger partial charge in [0.25, 0.3) is 0 Å². The van der Waals surface area contributed by atoms with Crippen molar-refractivity contribution >= 4 is 0 Å². The highest BCUT2D eigenvalue weighted by molar-refractivity contribution is 5.17. The molecule has 0 atom stereocenters. The molecule has 1 rings (SSSR count). The summed E-state index contributed by atoms with van der Waals surface area (Å²) in [6, 6.07) is 1.34. The van der Waals surface area contributed by atoms with Gasteiger partial charge in [-0.15, -0.1) is 0 Å². The van der Waals surface area contributed by atoms with Crippen molar-refractivity contribution in [3.8, 4) is 5.75 Å². The van der Waals surface area contributed by atoms with Crippen LogP contribution in [0.1, 0.15) is 12.7 Å². The van der Waals surface area contributed by atoms with E-state index in [0.29, 0.717) is 12.4 Å². The molecule has 0 aliphatic carbocycles. The van der Waals surface area contributed by atoms with E-state index < -0.39 is 0 Å². The van der Waals surface area contributed by atoms with E-state index in [9.17, 15) is 4.79 Å². The zero-order chi connectivity index (χ0) is 8.97. The molecule has 0 bridgehead atoms. The van der Waals surface area contributed by atoms with Gasteiger partial charge in [-0.3, -0.25) is 4.79 Å². The normalized spacial score (nSPS) is 9.83. The minimum Gasteiger partial charge on any atom is -0.487 e. The van der Waals surface area contributed by atoms with Crippen LogP contribution in [-0.4, -0.2) is 6.61 Å². The van der Waals surface area contributed by atoms with Gasteiger partial charge in [-0.05, 0) is 6.92 Å². The summed E-state index contributed by atoms with van der Waals surface area (Å²) in [6.45, 7) is 2.48. The first-order valence-electron chi connectivity index (χ1n) is 3.72. The lowest BCUT2D eigenvalue weighted by molar-refractivity contribution is 0.320. The minimum absolute atomic E-state index is 0.191. The molecule has 0 aliphatic rings. The molecule has 1 aromatic heterocycles. The van der Waals surface area contributed by atoms with Crippen LogP contribution in [0.4, 0.5) is 0 Å². The molecule has 2 N–H and O–H groups in total. The van der Waals surface area contributed by atoms with E-state index in [1.165, 1.54) is 12.3 Å². The van der Waals surface area contributed by atoms with Gasteiger partial charge >= 0.3 is 0 Å². The van der Waals surface area contributed by atoms with Crippen molar-refractivity contribution in [2.24, 2.45) is 5.73 Å². The Labute approximate surface area is 69.9 Å². The van der Waals surface area contributed by atoms with Gasteiger partial charge in [0, 0.05) is 6.07 Å². The van der Waals surface area contributed by atoms with Crippen LogP contribution in [0, 0.1) is 0 Å². The fourth-order valence-corrected chi connectivity index (χ4v) is 0.806. The highest BCUT2D eigenvalue weighted by Gasteiger charge is 2.01. The van der Waals surface area contributed by atoms with Crippen LogP contribution in [0.15, 0.2) is 21.5 Å². The Morgan fingerprint density at radius 1 is 1.67 bits per heavy atom. The summed E-state index contributed by atoms with van der Waals surface area (Å²) in [4.78, 5) is 11.1. The maximum absolute atomic E-state index is 11.1. The maximum atomic E-state index is 11.1. The second-order valence-corrected chi connectivity index (χ2v) is 2.21. The van der Waals surface area contributed by atoms with Crippen molar-refractivity contribution in [1.82, 2.24) is 0 Å². The van der Waals surface area contributed by atoms with Gasteiger partial charge in [-0.25, -0.2) is 0 Å². The molecule has 1 aromatic rings. The molecular formula is C8H11NO3. The van der Waals surface area contributed by atoms with Gasteiger partial charge in [0.05, 0.1) is 13.2 Å². The molecule has 1 heterocycles. The smallest absolute Gasteiger partial charge is 0.227 e. The first-order chi connectivity index (χ1) is 5.77. The Morgan fingerprint density at radius 3 is 2.92 bits per heavy atom. The molecule has 0 amide bonds. The molecule has 4 nitrogen and oxygen atoms in total. The molecule has 66 valence electrons. The zero-order valence-corrected chi connectivity index (χ0v) is 6.87. The van der Waals surface area contributed by atoms with E-state index in [0.717, 1.165) is 0 Å². The number of nitrogens with two attached hydrogens (primary N) is 1. The van der Waals surface area contributed by atoms with Gasteiger partial charge in [-0.1, -0.05) is 0 Å². The van der Waals surface area contributed by atoms with Gasteiger partial charge in [-0.2, -0.15) is 0 Å². The Hall–Kier alpha value is -1.29. The fraction of sp³-hybridized carbons (Fsp3) is 0.375. The third kappa shape index (κ3) is 1.85. The summed E-state index contributed by atoms with van der Waals surface area (Å²) in [7, 11) is 0. The Bertz CT molecular complexity index is 305. The average Bonchev–Trinajstić information content (AvgIpc) is 2.09. The van der Waals surface area contributed by atoms with Crippen molar-refractivity contribution < 1.29 is 9.15 Å². The summed E-state index contributed by atoms with van der Waals surface area (Å²) in [6.07, 6.45) is 1.29. The quantitative estimate of drug-likeness (QED) is 0.715. The molecule has 0 saturated heterocycles. The Morgan fingerprint density at radius 2 is 2.42 bits per heavy atom. The van der Waals surface area contributed by atoms with E-state index in [4.69, 9.17) is 14.9 Å². The Balaban J connectivity index is 2.96. The van der Waals surface area contributed by atoms with E-state index in [2.05, 4.69) is 0 Å². The van der Waals surface area contributed by atoms with Crippen molar-refractivity contribution in [3.63, 3.8) is 0 Å². The van der Waals surface area contributed by atoms with Gasteiger partial charge in [0.15, 0.2) is 0 Å². The molecule has 0 radical (unpaired) electrons. The molecule has 0 aromatic carbocycles. The lowest BCUT2D eigenvalue weighted by Gasteiger charge is -2.00. The van der Waals surface area contributed by atoms with Crippen molar-refractivity contribution in [3.05, 3.63) is 28.3 Å². The van der Waals surface area contributed by atoms with Crippen molar-refractivity contribution in [2.75, 3.05) is 6.61 Å². The molecule has 4 heteroatoms. The third-order valence-electron chi connectivity index (χ3n) is 1.35. The summed E-state index contributed by atoms with van der Waals surface area (Å²) in [5.74, 6) is 0.693. The maximum Gasteiger partial charge on any atom is 0.227 e. The molecule has 0 unspecified atom stereocenters. The lowest BCUT2D eigenvalue weighted by Crippen LogP contribution is -2.08. The second-order valence-electron chi connectivity index (χ2n) is 2.21. The average molecular weight is 169 g/mol. The van der Waals surface area contributed by atoms with E-state index >= 15 is 0 Å². The first-order valence-corrected chi connectivity index (χ1v) is 3.72. The highest BCUT2D eigenvalue weighted by atomic mass is 16.5. The van der Waals surface area contributed by atoms with Crippen LogP contribution in [0.25, 0.3) is 0 Å². The minimum atomic E-state index is -0.191. The summed E-state index contributed by atoms with van der Waals surface area (Å²) >= 11 is 0. The van der Waals surface area contributed by atoms with Crippen molar-refractivity contribution in [2.45, 2.75) is 13.5 Å². The van der Waals surface area contributed by atoms with Crippen LogP contribution >= 0.6 is 0 Å². The van der Waals surface area contributed by atoms with Crippen molar-refractivity contribution in [1.29, 1.82) is 0 Å². The predicted molar refractivity (Wildman–Crippen MR) is 44.0 cm³/mol. The predicted octanol–water partition coefficient (Wildman–Crippen LogP) is 0.497. The first kappa shape index (κ1) is 8.80. The Kier molecular flexibility index (Phi) is 2.88. The van der Waals surface area contributed by atoms with E-state index in [-0.39, 0.29) is 17.7 Å². The van der Waals surface area contributed by atoms with Crippen LogP contribution in [0.2, 0.25) is 0 Å². The standard InChI is InChI=1S/C8H11NO3/c1-2-11-8-5-12-6(4-9)3-7(8)10/h3,5H,2,4,9H2,1H3. The van der Waals surface area contributed by atoms with Gasteiger partial charge < -0.3 is 14.9 Å². The molecule has 0 fully saturated rings. The van der Waals surface area contributed by atoms with Crippen LogP contribution in [-0.2, 0) is 6.54 Å². The zero-order valence-electron chi connectivity index (χ0n) is 6.87. The monoisotopic (exact) mass is 169 g/mol. The van der Waals surface area contributed by atoms with Crippen LogP contribution < -0.4 is 15.9 Å². The third-order valence-corrected chi connectivity index (χ3v) is 1.35. The number of hydrogen-bond acceptors (Lipinski definition) is 4. The number of ether oxygens (including phenoxy) is 1. The second kappa shape index (κ2) is 3.92. The summed E-state index contributed by atoms with van der Waals surface area (Å²) in [5.41, 5.74) is 5.08. The molecular weight excluding hydrogens is 158 g/mol. The van der Waals surface area contributed by atoms with E-state index in [1.54, 1.807) is 6.92 Å². The number of rotatable bonds is 3. The largest absolute Gasteiger partial charge is 0.487 e. The molecule has 0 spiro atoms. The topological polar surface area (TPSA) is 65.5 Å². The van der Waals surface area contributed by atoms with E-state index in [1.807, 2.05) is 0 Å². The summed E-state index contributed by atoms with van der Waals surface area (Å²) < 4.78 is 9.98. The van der Waals surface area contributed by atoms with Crippen LogP contribution in [0.3, 0.4) is 0 Å². The number of hydrogen-bond donors (Lipinski definition) is 1. The molecule has 0 saturated carbocycles. The summed E-state index contributed by atoms with van der Waals surface area (Å²) in [5, 5.41) is 0. The molecule has 12 heavy (non-hydrogen) atoms. The van der Waals surface area contributed by atoms with Gasteiger partial charge in [0.2, 0.25) is 11.2 Å². The lowest BCUT2D eigenvalue weighted by atomic mass is 10.4. The molecule has 0 aliphatic heterocycles.